The van der Waals surface area contributed by atoms with E-state index >= 15 is 0 Å². The summed E-state index contributed by atoms with van der Waals surface area (Å²) in [5.41, 5.74) is 0.723. The van der Waals surface area contributed by atoms with Crippen LogP contribution in [0.2, 0.25) is 0 Å². The minimum Gasteiger partial charge on any atom is -0.491 e. The quantitative estimate of drug-likeness (QED) is 0.540. The van der Waals surface area contributed by atoms with Crippen molar-refractivity contribution in [1.29, 1.82) is 0 Å². The Labute approximate surface area is 145 Å². The van der Waals surface area contributed by atoms with E-state index in [-0.39, 0.29) is 12.5 Å². The van der Waals surface area contributed by atoms with Gasteiger partial charge in [0.05, 0.1) is 0 Å². The SMILES string of the molecule is CC(C)NCC(O)COc1ccc(NC(=O)C/C=C/I)cc1. The van der Waals surface area contributed by atoms with Crippen LogP contribution in [0, 0.1) is 0 Å². The molecule has 22 heavy (non-hydrogen) atoms. The second-order valence-electron chi connectivity index (χ2n) is 5.17. The van der Waals surface area contributed by atoms with E-state index in [1.165, 1.54) is 0 Å². The summed E-state index contributed by atoms with van der Waals surface area (Å²) >= 11 is 2.08. The number of anilines is 1. The Bertz CT molecular complexity index is 475. The third-order valence-corrected chi connectivity index (χ3v) is 3.24. The number of aliphatic hydroxyl groups is 1. The van der Waals surface area contributed by atoms with Crippen molar-refractivity contribution < 1.29 is 14.6 Å². The molecular weight excluding hydrogens is 395 g/mol. The lowest BCUT2D eigenvalue weighted by molar-refractivity contribution is -0.115. The van der Waals surface area contributed by atoms with Crippen LogP contribution in [0.3, 0.4) is 0 Å². The zero-order valence-electron chi connectivity index (χ0n) is 12.9. The maximum absolute atomic E-state index is 11.6. The van der Waals surface area contributed by atoms with Gasteiger partial charge in [-0.05, 0) is 28.3 Å². The van der Waals surface area contributed by atoms with Crippen molar-refractivity contribution in [2.75, 3.05) is 18.5 Å². The third kappa shape index (κ3) is 8.35. The number of aliphatic hydroxyl groups excluding tert-OH is 1. The summed E-state index contributed by atoms with van der Waals surface area (Å²) in [4.78, 5) is 11.6. The van der Waals surface area contributed by atoms with Gasteiger partial charge in [0.25, 0.3) is 0 Å². The Kier molecular flexibility index (Phi) is 9.10. The van der Waals surface area contributed by atoms with Crippen LogP contribution >= 0.6 is 22.6 Å². The fourth-order valence-electron chi connectivity index (χ4n) is 1.62. The number of hydrogen-bond acceptors (Lipinski definition) is 4. The number of carbonyl (C=O) groups is 1. The molecule has 122 valence electrons. The second kappa shape index (κ2) is 10.6. The van der Waals surface area contributed by atoms with E-state index in [1.54, 1.807) is 30.3 Å². The van der Waals surface area contributed by atoms with E-state index in [1.807, 2.05) is 17.9 Å². The fraction of sp³-hybridized carbons (Fsp3) is 0.438. The molecule has 0 aliphatic carbocycles. The first-order chi connectivity index (χ1) is 10.5. The average molecular weight is 418 g/mol. The topological polar surface area (TPSA) is 70.6 Å². The maximum atomic E-state index is 11.6. The summed E-state index contributed by atoms with van der Waals surface area (Å²) < 4.78 is 7.32. The lowest BCUT2D eigenvalue weighted by Crippen LogP contribution is -2.35. The molecule has 0 spiro atoms. The molecule has 5 nitrogen and oxygen atoms in total. The molecule has 0 heterocycles. The van der Waals surface area contributed by atoms with E-state index in [0.29, 0.717) is 24.8 Å². The van der Waals surface area contributed by atoms with E-state index in [9.17, 15) is 9.90 Å². The van der Waals surface area contributed by atoms with Gasteiger partial charge in [0, 0.05) is 24.7 Å². The molecule has 0 aromatic heterocycles. The number of rotatable bonds is 9. The molecule has 0 bridgehead atoms. The summed E-state index contributed by atoms with van der Waals surface area (Å²) in [7, 11) is 0. The number of benzene rings is 1. The number of amides is 1. The number of hydrogen-bond donors (Lipinski definition) is 3. The van der Waals surface area contributed by atoms with Crippen LogP contribution in [-0.2, 0) is 4.79 Å². The summed E-state index contributed by atoms with van der Waals surface area (Å²) in [6.07, 6.45) is 1.60. The van der Waals surface area contributed by atoms with Crippen LogP contribution in [0.15, 0.2) is 34.4 Å². The van der Waals surface area contributed by atoms with Gasteiger partial charge in [-0.15, -0.1) is 0 Å². The third-order valence-electron chi connectivity index (χ3n) is 2.73. The Morgan fingerprint density at radius 2 is 2.05 bits per heavy atom. The van der Waals surface area contributed by atoms with Crippen molar-refractivity contribution in [3.63, 3.8) is 0 Å². The van der Waals surface area contributed by atoms with Gasteiger partial charge in [-0.25, -0.2) is 0 Å². The van der Waals surface area contributed by atoms with Crippen LogP contribution in [0.25, 0.3) is 0 Å². The molecule has 1 aromatic carbocycles. The minimum absolute atomic E-state index is 0.0585. The molecule has 3 N–H and O–H groups in total. The second-order valence-corrected chi connectivity index (χ2v) is 5.89. The first-order valence-electron chi connectivity index (χ1n) is 7.20. The predicted molar refractivity (Wildman–Crippen MR) is 97.5 cm³/mol. The van der Waals surface area contributed by atoms with Crippen molar-refractivity contribution in [3.8, 4) is 5.75 Å². The Morgan fingerprint density at radius 3 is 2.64 bits per heavy atom. The molecule has 1 unspecified atom stereocenters. The lowest BCUT2D eigenvalue weighted by atomic mass is 10.3. The van der Waals surface area contributed by atoms with Gasteiger partial charge in [-0.2, -0.15) is 0 Å². The molecule has 1 atom stereocenters. The first kappa shape index (κ1) is 18.9. The lowest BCUT2D eigenvalue weighted by Gasteiger charge is -2.15. The molecule has 0 saturated heterocycles. The molecule has 0 aliphatic heterocycles. The molecule has 0 aliphatic rings. The number of carbonyl (C=O) groups excluding carboxylic acids is 1. The largest absolute Gasteiger partial charge is 0.491 e. The normalized spacial score (nSPS) is 12.6. The van der Waals surface area contributed by atoms with Gasteiger partial charge in [-0.1, -0.05) is 42.5 Å². The van der Waals surface area contributed by atoms with Crippen molar-refractivity contribution >= 4 is 34.2 Å². The summed E-state index contributed by atoms with van der Waals surface area (Å²) in [5.74, 6) is 0.602. The average Bonchev–Trinajstić information content (AvgIpc) is 2.50. The van der Waals surface area contributed by atoms with Crippen LogP contribution in [0.5, 0.6) is 5.75 Å². The van der Waals surface area contributed by atoms with Gasteiger partial charge >= 0.3 is 0 Å². The highest BCUT2D eigenvalue weighted by Gasteiger charge is 2.06. The Hall–Kier alpha value is -1.12. The van der Waals surface area contributed by atoms with Gasteiger partial charge in [-0.3, -0.25) is 4.79 Å². The molecule has 1 rings (SSSR count). The van der Waals surface area contributed by atoms with Crippen molar-refractivity contribution in [3.05, 3.63) is 34.4 Å². The van der Waals surface area contributed by atoms with Crippen LogP contribution < -0.4 is 15.4 Å². The van der Waals surface area contributed by atoms with Crippen molar-refractivity contribution in [2.24, 2.45) is 0 Å². The highest BCUT2D eigenvalue weighted by atomic mass is 127. The number of nitrogens with one attached hydrogen (secondary N) is 2. The molecule has 0 saturated carbocycles. The van der Waals surface area contributed by atoms with Crippen molar-refractivity contribution in [2.45, 2.75) is 32.4 Å². The summed E-state index contributed by atoms with van der Waals surface area (Å²) in [6.45, 7) is 4.77. The zero-order chi connectivity index (χ0) is 16.4. The number of ether oxygens (including phenoxy) is 1. The molecule has 6 heteroatoms. The Balaban J connectivity index is 2.36. The molecular formula is C16H23IN2O3. The standard InChI is InChI=1S/C16H23IN2O3/c1-12(2)18-10-14(20)11-22-15-7-5-13(6-8-15)19-16(21)4-3-9-17/h3,5-9,12,14,18,20H,4,10-11H2,1-2H3,(H,19,21)/b9-3+. The van der Waals surface area contributed by atoms with Gasteiger partial charge in [0.2, 0.25) is 5.91 Å². The zero-order valence-corrected chi connectivity index (χ0v) is 15.0. The van der Waals surface area contributed by atoms with Gasteiger partial charge in [0.1, 0.15) is 18.5 Å². The van der Waals surface area contributed by atoms with Crippen molar-refractivity contribution in [1.82, 2.24) is 5.32 Å². The minimum atomic E-state index is -0.554. The smallest absolute Gasteiger partial charge is 0.228 e. The Morgan fingerprint density at radius 1 is 1.36 bits per heavy atom. The highest BCUT2D eigenvalue weighted by Crippen LogP contribution is 2.16. The highest BCUT2D eigenvalue weighted by molar-refractivity contribution is 14.1. The van der Waals surface area contributed by atoms with E-state index in [2.05, 4.69) is 33.2 Å². The number of halogens is 1. The van der Waals surface area contributed by atoms with E-state index in [4.69, 9.17) is 4.74 Å². The van der Waals surface area contributed by atoms with Gasteiger partial charge in [0.15, 0.2) is 0 Å². The van der Waals surface area contributed by atoms with E-state index < -0.39 is 6.10 Å². The fourth-order valence-corrected chi connectivity index (χ4v) is 1.88. The summed E-state index contributed by atoms with van der Waals surface area (Å²) in [6, 6.07) is 7.43. The molecule has 1 aromatic rings. The first-order valence-corrected chi connectivity index (χ1v) is 8.45. The predicted octanol–water partition coefficient (Wildman–Crippen LogP) is 2.70. The molecule has 0 fully saturated rings. The molecule has 1 amide bonds. The van der Waals surface area contributed by atoms with E-state index in [0.717, 1.165) is 5.69 Å². The maximum Gasteiger partial charge on any atom is 0.228 e. The van der Waals surface area contributed by atoms with Gasteiger partial charge < -0.3 is 20.5 Å². The van der Waals surface area contributed by atoms with Crippen LogP contribution in [0.4, 0.5) is 5.69 Å². The summed E-state index contributed by atoms with van der Waals surface area (Å²) in [5, 5.41) is 15.7. The monoisotopic (exact) mass is 418 g/mol. The van der Waals surface area contributed by atoms with Crippen LogP contribution in [0.1, 0.15) is 20.3 Å². The van der Waals surface area contributed by atoms with Crippen LogP contribution in [-0.4, -0.2) is 36.3 Å². The molecule has 0 radical (unpaired) electrons.